The lowest BCUT2D eigenvalue weighted by molar-refractivity contribution is 1.28. The molecule has 0 saturated carbocycles. The average Bonchev–Trinajstić information content (AvgIpc) is 2.83. The number of hydrogen-bond donors (Lipinski definition) is 0. The lowest BCUT2D eigenvalue weighted by atomic mass is 9.98. The second-order valence-electron chi connectivity index (χ2n) is 7.36. The Balaban J connectivity index is 1.47. The Kier molecular flexibility index (Phi) is 4.21. The summed E-state index contributed by atoms with van der Waals surface area (Å²) in [6.45, 7) is 0. The summed E-state index contributed by atoms with van der Waals surface area (Å²) in [5, 5.41) is 3.23. The van der Waals surface area contributed by atoms with E-state index in [1.165, 1.54) is 0 Å². The van der Waals surface area contributed by atoms with E-state index in [0.717, 1.165) is 59.7 Å². The summed E-state index contributed by atoms with van der Waals surface area (Å²) in [6.07, 6.45) is 5.53. The summed E-state index contributed by atoms with van der Waals surface area (Å²) in [7, 11) is 0. The molecule has 0 amide bonds. The zero-order valence-electron chi connectivity index (χ0n) is 16.3. The summed E-state index contributed by atoms with van der Waals surface area (Å²) in [6, 6.07) is 24.5. The third-order valence-electron chi connectivity index (χ3n) is 5.45. The summed E-state index contributed by atoms with van der Waals surface area (Å²) < 4.78 is 1.05. The quantitative estimate of drug-likeness (QED) is 0.265. The van der Waals surface area contributed by atoms with Gasteiger partial charge in [-0.15, -0.1) is 0 Å². The molecule has 31 heavy (non-hydrogen) atoms. The molecule has 4 aromatic heterocycles. The molecule has 0 saturated heterocycles. The molecular weight excluding hydrogens is 448 g/mol. The maximum absolute atomic E-state index is 4.78. The van der Waals surface area contributed by atoms with E-state index < -0.39 is 0 Å². The van der Waals surface area contributed by atoms with E-state index in [1.807, 2.05) is 55.0 Å². The highest BCUT2D eigenvalue weighted by molar-refractivity contribution is 9.10. The van der Waals surface area contributed by atoms with Crippen LogP contribution in [0.5, 0.6) is 0 Å². The SMILES string of the molecule is Brc1ccc2nc(-c3ccc(-c4cc5cccnc5c5ncccc45)cn3)ccc2c1. The number of hydrogen-bond acceptors (Lipinski definition) is 4. The molecule has 0 spiro atoms. The molecule has 0 bridgehead atoms. The Morgan fingerprint density at radius 2 is 1.48 bits per heavy atom. The highest BCUT2D eigenvalue weighted by Gasteiger charge is 2.11. The van der Waals surface area contributed by atoms with Crippen LogP contribution in [-0.2, 0) is 0 Å². The molecule has 4 nitrogen and oxygen atoms in total. The lowest BCUT2D eigenvalue weighted by Crippen LogP contribution is -1.91. The summed E-state index contributed by atoms with van der Waals surface area (Å²) in [5.74, 6) is 0. The van der Waals surface area contributed by atoms with Crippen LogP contribution in [0.2, 0.25) is 0 Å². The van der Waals surface area contributed by atoms with Crippen LogP contribution >= 0.6 is 15.9 Å². The Morgan fingerprint density at radius 1 is 0.645 bits per heavy atom. The third-order valence-corrected chi connectivity index (χ3v) is 5.94. The van der Waals surface area contributed by atoms with Crippen molar-refractivity contribution in [3.8, 4) is 22.5 Å². The highest BCUT2D eigenvalue weighted by Crippen LogP contribution is 2.33. The van der Waals surface area contributed by atoms with Crippen molar-refractivity contribution in [1.82, 2.24) is 19.9 Å². The second kappa shape index (κ2) is 7.22. The first-order valence-corrected chi connectivity index (χ1v) is 10.7. The monoisotopic (exact) mass is 462 g/mol. The number of rotatable bonds is 2. The van der Waals surface area contributed by atoms with Crippen LogP contribution in [0.25, 0.3) is 55.2 Å². The van der Waals surface area contributed by atoms with Gasteiger partial charge in [0.25, 0.3) is 0 Å². The molecule has 0 radical (unpaired) electrons. The Bertz CT molecular complexity index is 1590. The Morgan fingerprint density at radius 3 is 2.35 bits per heavy atom. The Labute approximate surface area is 186 Å². The van der Waals surface area contributed by atoms with Crippen molar-refractivity contribution in [2.75, 3.05) is 0 Å². The van der Waals surface area contributed by atoms with Crippen molar-refractivity contribution in [2.24, 2.45) is 0 Å². The molecule has 0 aliphatic rings. The molecule has 146 valence electrons. The molecule has 5 heteroatoms. The van der Waals surface area contributed by atoms with Gasteiger partial charge in [0.1, 0.15) is 0 Å². The highest BCUT2D eigenvalue weighted by atomic mass is 79.9. The normalized spacial score (nSPS) is 11.4. The van der Waals surface area contributed by atoms with Crippen LogP contribution < -0.4 is 0 Å². The predicted molar refractivity (Wildman–Crippen MR) is 129 cm³/mol. The number of aromatic nitrogens is 4. The van der Waals surface area contributed by atoms with Gasteiger partial charge in [-0.3, -0.25) is 15.0 Å². The van der Waals surface area contributed by atoms with E-state index in [2.05, 4.69) is 62.3 Å². The fourth-order valence-electron chi connectivity index (χ4n) is 3.96. The summed E-state index contributed by atoms with van der Waals surface area (Å²) in [4.78, 5) is 18.6. The zero-order valence-corrected chi connectivity index (χ0v) is 17.9. The van der Waals surface area contributed by atoms with Crippen LogP contribution in [0.15, 0.2) is 95.9 Å². The van der Waals surface area contributed by atoms with Gasteiger partial charge < -0.3 is 0 Å². The topological polar surface area (TPSA) is 51.6 Å². The van der Waals surface area contributed by atoms with Gasteiger partial charge >= 0.3 is 0 Å². The molecule has 4 heterocycles. The maximum atomic E-state index is 4.78. The average molecular weight is 463 g/mol. The molecule has 0 unspecified atom stereocenters. The predicted octanol–water partition coefficient (Wildman–Crippen LogP) is 6.82. The number of pyridine rings is 4. The van der Waals surface area contributed by atoms with Gasteiger partial charge in [-0.25, -0.2) is 4.98 Å². The largest absolute Gasteiger partial charge is 0.254 e. The number of benzene rings is 2. The van der Waals surface area contributed by atoms with Gasteiger partial charge in [-0.2, -0.15) is 0 Å². The summed E-state index contributed by atoms with van der Waals surface area (Å²) in [5.41, 5.74) is 6.61. The van der Waals surface area contributed by atoms with Crippen molar-refractivity contribution in [3.05, 3.63) is 95.9 Å². The molecule has 0 aliphatic heterocycles. The Hall–Kier alpha value is -3.70. The van der Waals surface area contributed by atoms with Gasteiger partial charge in [0, 0.05) is 44.8 Å². The fraction of sp³-hybridized carbons (Fsp3) is 0. The molecular formula is C26H15BrN4. The molecule has 0 atom stereocenters. The van der Waals surface area contributed by atoms with Gasteiger partial charge in [-0.05, 0) is 54.1 Å². The molecule has 0 aliphatic carbocycles. The van der Waals surface area contributed by atoms with Crippen LogP contribution in [-0.4, -0.2) is 19.9 Å². The van der Waals surface area contributed by atoms with Crippen molar-refractivity contribution >= 4 is 48.6 Å². The van der Waals surface area contributed by atoms with Crippen molar-refractivity contribution < 1.29 is 0 Å². The van der Waals surface area contributed by atoms with Crippen molar-refractivity contribution in [3.63, 3.8) is 0 Å². The lowest BCUT2D eigenvalue weighted by Gasteiger charge is -2.10. The number of nitrogens with zero attached hydrogens (tertiary/aromatic N) is 4. The first-order valence-electron chi connectivity index (χ1n) is 9.92. The van der Waals surface area contributed by atoms with Crippen LogP contribution in [0.3, 0.4) is 0 Å². The number of halogens is 1. The first-order chi connectivity index (χ1) is 15.3. The van der Waals surface area contributed by atoms with Gasteiger partial charge in [-0.1, -0.05) is 40.2 Å². The molecule has 0 fully saturated rings. The first kappa shape index (κ1) is 18.1. The minimum Gasteiger partial charge on any atom is -0.254 e. The zero-order chi connectivity index (χ0) is 20.8. The van der Waals surface area contributed by atoms with E-state index in [-0.39, 0.29) is 0 Å². The molecule has 2 aromatic carbocycles. The summed E-state index contributed by atoms with van der Waals surface area (Å²) >= 11 is 3.51. The van der Waals surface area contributed by atoms with Crippen LogP contribution in [0.4, 0.5) is 0 Å². The molecule has 6 rings (SSSR count). The van der Waals surface area contributed by atoms with E-state index in [1.54, 1.807) is 0 Å². The van der Waals surface area contributed by atoms with E-state index in [4.69, 9.17) is 9.97 Å². The van der Waals surface area contributed by atoms with Crippen LogP contribution in [0, 0.1) is 0 Å². The second-order valence-corrected chi connectivity index (χ2v) is 8.28. The maximum Gasteiger partial charge on any atom is 0.0970 e. The smallest absolute Gasteiger partial charge is 0.0970 e. The fourth-order valence-corrected chi connectivity index (χ4v) is 4.34. The molecule has 0 N–H and O–H groups in total. The van der Waals surface area contributed by atoms with E-state index >= 15 is 0 Å². The van der Waals surface area contributed by atoms with E-state index in [0.29, 0.717) is 0 Å². The third kappa shape index (κ3) is 3.14. The van der Waals surface area contributed by atoms with Crippen LogP contribution in [0.1, 0.15) is 0 Å². The minimum absolute atomic E-state index is 0.846. The van der Waals surface area contributed by atoms with Gasteiger partial charge in [0.15, 0.2) is 0 Å². The van der Waals surface area contributed by atoms with E-state index in [9.17, 15) is 0 Å². The minimum atomic E-state index is 0.846. The molecule has 6 aromatic rings. The standard InChI is InChI=1S/C26H15BrN4/c27-19-7-10-22-16(13-19)5-9-24(31-22)23-8-6-18(15-30-23)21-14-17-3-1-11-28-25(17)26-20(21)4-2-12-29-26/h1-15H. The van der Waals surface area contributed by atoms with Crippen molar-refractivity contribution in [1.29, 1.82) is 0 Å². The van der Waals surface area contributed by atoms with Gasteiger partial charge in [0.05, 0.1) is 27.9 Å². The number of fused-ring (bicyclic) bond motifs is 4. The van der Waals surface area contributed by atoms with Crippen molar-refractivity contribution in [2.45, 2.75) is 0 Å². The van der Waals surface area contributed by atoms with Gasteiger partial charge in [0.2, 0.25) is 0 Å².